The molecule has 1 fully saturated rings. The molecular weight excluding hydrogens is 450 g/mol. The number of rotatable bonds is 7. The molecule has 2 atom stereocenters. The summed E-state index contributed by atoms with van der Waals surface area (Å²) >= 11 is 3.52. The lowest BCUT2D eigenvalue weighted by Crippen LogP contribution is -2.21. The standard InChI is InChI=1S/C25H29N5OS2/c1-15-7-10-20(33-15)12-26-25-27-16(2)22(23(30-25)28-19-9-8-17(11-19)13-31)24-29-21-6-4-3-5-18(21)14-32-24/h3-7,10,17,19,31H,8-9,11-14H2,1-2H3,(H2,26,27,28,30)/t17?,19-/m0/s1. The zero-order valence-corrected chi connectivity index (χ0v) is 20.6. The van der Waals surface area contributed by atoms with Gasteiger partial charge in [0.25, 0.3) is 0 Å². The van der Waals surface area contributed by atoms with Gasteiger partial charge < -0.3 is 15.7 Å². The molecule has 5 rings (SSSR count). The molecule has 2 aliphatic rings. The predicted molar refractivity (Wildman–Crippen MR) is 139 cm³/mol. The lowest BCUT2D eigenvalue weighted by Gasteiger charge is -2.22. The van der Waals surface area contributed by atoms with Crippen LogP contribution in [0, 0.1) is 19.8 Å². The summed E-state index contributed by atoms with van der Waals surface area (Å²) in [6.07, 6.45) is 3.03. The van der Waals surface area contributed by atoms with Crippen LogP contribution in [0.1, 0.15) is 45.8 Å². The molecule has 6 nitrogen and oxygen atoms in total. The Bertz CT molecular complexity index is 1180. The van der Waals surface area contributed by atoms with E-state index in [0.717, 1.165) is 52.8 Å². The van der Waals surface area contributed by atoms with E-state index in [-0.39, 0.29) is 6.61 Å². The maximum Gasteiger partial charge on any atom is 0.225 e. The Balaban J connectivity index is 1.47. The van der Waals surface area contributed by atoms with Crippen LogP contribution in [0.2, 0.25) is 0 Å². The lowest BCUT2D eigenvalue weighted by molar-refractivity contribution is 0.229. The van der Waals surface area contributed by atoms with Crippen molar-refractivity contribution in [2.45, 2.75) is 51.4 Å². The van der Waals surface area contributed by atoms with E-state index >= 15 is 0 Å². The Morgan fingerprint density at radius 1 is 1.09 bits per heavy atom. The summed E-state index contributed by atoms with van der Waals surface area (Å²) in [4.78, 5) is 17.2. The van der Waals surface area contributed by atoms with Gasteiger partial charge in [-0.05, 0) is 62.8 Å². The maximum atomic E-state index is 9.58. The van der Waals surface area contributed by atoms with E-state index in [1.54, 1.807) is 23.1 Å². The van der Waals surface area contributed by atoms with Crippen LogP contribution in [-0.4, -0.2) is 32.8 Å². The Hall–Kier alpha value is -2.42. The minimum absolute atomic E-state index is 0.250. The number of thiophene rings is 1. The highest BCUT2D eigenvalue weighted by Gasteiger charge is 2.27. The number of nitrogens with one attached hydrogen (secondary N) is 2. The SMILES string of the molecule is Cc1ccc(CNc2nc(C)c(C3=Nc4ccccc4CS3)c(N[C@H]3CCC(CO)C3)n2)s1. The number of aliphatic imine (C=N–C) groups is 1. The molecule has 0 saturated heterocycles. The first-order valence-electron chi connectivity index (χ1n) is 11.4. The van der Waals surface area contributed by atoms with E-state index in [9.17, 15) is 5.11 Å². The zero-order chi connectivity index (χ0) is 22.8. The first-order valence-corrected chi connectivity index (χ1v) is 13.2. The number of benzene rings is 1. The maximum absolute atomic E-state index is 9.58. The van der Waals surface area contributed by atoms with Crippen LogP contribution < -0.4 is 10.6 Å². The normalized spacial score (nSPS) is 19.8. The number of nitrogens with zero attached hydrogens (tertiary/aromatic N) is 3. The summed E-state index contributed by atoms with van der Waals surface area (Å²) in [7, 11) is 0. The second-order valence-corrected chi connectivity index (χ2v) is 11.1. The second-order valence-electron chi connectivity index (χ2n) is 8.76. The van der Waals surface area contributed by atoms with E-state index < -0.39 is 0 Å². The summed E-state index contributed by atoms with van der Waals surface area (Å²) < 4.78 is 0. The molecule has 0 bridgehead atoms. The van der Waals surface area contributed by atoms with Gasteiger partial charge in [-0.2, -0.15) is 4.98 Å². The van der Waals surface area contributed by atoms with Crippen molar-refractivity contribution in [3.8, 4) is 0 Å². The van der Waals surface area contributed by atoms with Crippen molar-refractivity contribution in [2.75, 3.05) is 17.2 Å². The molecule has 0 radical (unpaired) electrons. The van der Waals surface area contributed by atoms with Crippen LogP contribution >= 0.6 is 23.1 Å². The molecule has 0 spiro atoms. The molecule has 3 N–H and O–H groups in total. The summed E-state index contributed by atoms with van der Waals surface area (Å²) in [5.41, 5.74) is 4.18. The molecule has 8 heteroatoms. The average Bonchev–Trinajstić information content (AvgIpc) is 3.45. The first kappa shape index (κ1) is 22.4. The summed E-state index contributed by atoms with van der Waals surface area (Å²) in [6.45, 7) is 5.11. The lowest BCUT2D eigenvalue weighted by atomic mass is 10.1. The number of aliphatic hydroxyl groups is 1. The highest BCUT2D eigenvalue weighted by atomic mass is 32.2. The molecule has 1 saturated carbocycles. The third-order valence-electron chi connectivity index (χ3n) is 6.24. The number of para-hydroxylation sites is 1. The van der Waals surface area contributed by atoms with Gasteiger partial charge in [-0.1, -0.05) is 18.2 Å². The molecule has 0 amide bonds. The Morgan fingerprint density at radius 3 is 2.76 bits per heavy atom. The third-order valence-corrected chi connectivity index (χ3v) is 8.26. The number of hydrogen-bond acceptors (Lipinski definition) is 8. The van der Waals surface area contributed by atoms with Gasteiger partial charge >= 0.3 is 0 Å². The van der Waals surface area contributed by atoms with Crippen molar-refractivity contribution < 1.29 is 5.11 Å². The van der Waals surface area contributed by atoms with Gasteiger partial charge in [0.2, 0.25) is 5.95 Å². The Morgan fingerprint density at radius 2 is 1.97 bits per heavy atom. The summed E-state index contributed by atoms with van der Waals surface area (Å²) in [5.74, 6) is 2.72. The van der Waals surface area contributed by atoms with Crippen LogP contribution in [0.4, 0.5) is 17.5 Å². The fourth-order valence-electron chi connectivity index (χ4n) is 4.48. The van der Waals surface area contributed by atoms with Gasteiger partial charge in [0.1, 0.15) is 10.9 Å². The molecule has 1 aliphatic heterocycles. The van der Waals surface area contributed by atoms with Crippen molar-refractivity contribution in [2.24, 2.45) is 10.9 Å². The van der Waals surface area contributed by atoms with E-state index in [0.29, 0.717) is 24.5 Å². The number of thioether (sulfide) groups is 1. The highest BCUT2D eigenvalue weighted by molar-refractivity contribution is 8.13. The van der Waals surface area contributed by atoms with Crippen LogP contribution in [-0.2, 0) is 12.3 Å². The molecule has 33 heavy (non-hydrogen) atoms. The van der Waals surface area contributed by atoms with Crippen LogP contribution in [0.15, 0.2) is 41.4 Å². The van der Waals surface area contributed by atoms with Gasteiger partial charge in [-0.3, -0.25) is 0 Å². The number of fused-ring (bicyclic) bond motifs is 1. The number of aliphatic hydroxyl groups excluding tert-OH is 1. The number of aryl methyl sites for hydroxylation is 2. The molecule has 2 aromatic heterocycles. The van der Waals surface area contributed by atoms with Gasteiger partial charge in [0.05, 0.1) is 23.5 Å². The smallest absolute Gasteiger partial charge is 0.225 e. The molecule has 3 aromatic rings. The first-order chi connectivity index (χ1) is 16.1. The van der Waals surface area contributed by atoms with Crippen molar-refractivity contribution in [3.63, 3.8) is 0 Å². The molecule has 1 unspecified atom stereocenters. The summed E-state index contributed by atoms with van der Waals surface area (Å²) in [6, 6.07) is 12.9. The minimum atomic E-state index is 0.250. The van der Waals surface area contributed by atoms with Gasteiger partial charge in [0.15, 0.2) is 0 Å². The number of hydrogen-bond donors (Lipinski definition) is 3. The van der Waals surface area contributed by atoms with Crippen molar-refractivity contribution in [1.82, 2.24) is 9.97 Å². The quantitative estimate of drug-likeness (QED) is 0.405. The Labute approximate surface area is 203 Å². The highest BCUT2D eigenvalue weighted by Crippen LogP contribution is 2.37. The Kier molecular flexibility index (Phi) is 6.66. The van der Waals surface area contributed by atoms with Crippen molar-refractivity contribution in [3.05, 3.63) is 63.0 Å². The van der Waals surface area contributed by atoms with Crippen LogP contribution in [0.5, 0.6) is 0 Å². The second kappa shape index (κ2) is 9.83. The van der Waals surface area contributed by atoms with E-state index in [2.05, 4.69) is 47.9 Å². The van der Waals surface area contributed by atoms with E-state index in [4.69, 9.17) is 15.0 Å². The zero-order valence-electron chi connectivity index (χ0n) is 19.0. The average molecular weight is 480 g/mol. The predicted octanol–water partition coefficient (Wildman–Crippen LogP) is 5.67. The van der Waals surface area contributed by atoms with Gasteiger partial charge in [0, 0.05) is 28.2 Å². The van der Waals surface area contributed by atoms with E-state index in [1.165, 1.54) is 15.3 Å². The topological polar surface area (TPSA) is 82.4 Å². The monoisotopic (exact) mass is 479 g/mol. The number of aromatic nitrogens is 2. The van der Waals surface area contributed by atoms with Gasteiger partial charge in [-0.15, -0.1) is 23.1 Å². The fourth-order valence-corrected chi connectivity index (χ4v) is 6.40. The van der Waals surface area contributed by atoms with Gasteiger partial charge in [-0.25, -0.2) is 9.98 Å². The van der Waals surface area contributed by atoms with Crippen LogP contribution in [0.25, 0.3) is 0 Å². The fraction of sp³-hybridized carbons (Fsp3) is 0.400. The molecule has 172 valence electrons. The largest absolute Gasteiger partial charge is 0.396 e. The number of anilines is 2. The third kappa shape index (κ3) is 5.08. The summed E-state index contributed by atoms with van der Waals surface area (Å²) in [5, 5.41) is 17.6. The molecular formula is C25H29N5OS2. The molecule has 1 aliphatic carbocycles. The molecule has 3 heterocycles. The molecule has 1 aromatic carbocycles. The van der Waals surface area contributed by atoms with Crippen molar-refractivity contribution >= 4 is 45.6 Å². The minimum Gasteiger partial charge on any atom is -0.396 e. The van der Waals surface area contributed by atoms with E-state index in [1.807, 2.05) is 13.0 Å². The van der Waals surface area contributed by atoms with Crippen LogP contribution in [0.3, 0.4) is 0 Å². The van der Waals surface area contributed by atoms with Crippen molar-refractivity contribution in [1.29, 1.82) is 0 Å².